The van der Waals surface area contributed by atoms with Crippen LogP contribution in [0.15, 0.2) is 137 Å². The number of aromatic carboxylic acids is 1. The van der Waals surface area contributed by atoms with Crippen molar-refractivity contribution in [3.8, 4) is 22.6 Å². The van der Waals surface area contributed by atoms with Crippen molar-refractivity contribution in [3.05, 3.63) is 154 Å². The zero-order valence-electron chi connectivity index (χ0n) is 34.8. The van der Waals surface area contributed by atoms with E-state index in [1.807, 2.05) is 60.8 Å². The predicted octanol–water partition coefficient (Wildman–Crippen LogP) is 9.66. The molecular weight excluding hydrogens is 781 g/mol. The zero-order chi connectivity index (χ0) is 43.2. The van der Waals surface area contributed by atoms with Crippen molar-refractivity contribution >= 4 is 61.2 Å². The molecule has 1 amide bonds. The molecule has 8 rings (SSSR count). The van der Waals surface area contributed by atoms with Crippen LogP contribution < -0.4 is 20.4 Å². The number of phenols is 1. The molecular formula is C51H48N4O7. The molecule has 11 heteroatoms. The first kappa shape index (κ1) is 41.5. The monoisotopic (exact) mass is 828 g/mol. The number of nitrogens with one attached hydrogen (secondary N) is 1. The lowest BCUT2D eigenvalue weighted by Gasteiger charge is -2.27. The molecule has 0 aliphatic rings. The lowest BCUT2D eigenvalue weighted by atomic mass is 9.91. The predicted molar refractivity (Wildman–Crippen MR) is 246 cm³/mol. The summed E-state index contributed by atoms with van der Waals surface area (Å²) in [6, 6.07) is 36.1. The van der Waals surface area contributed by atoms with Gasteiger partial charge in [-0.1, -0.05) is 49.2 Å². The van der Waals surface area contributed by atoms with Gasteiger partial charge >= 0.3 is 5.97 Å². The minimum Gasteiger partial charge on any atom is -0.508 e. The molecule has 2 aromatic heterocycles. The van der Waals surface area contributed by atoms with Gasteiger partial charge in [0.2, 0.25) is 0 Å². The van der Waals surface area contributed by atoms with E-state index in [0.717, 1.165) is 85.0 Å². The lowest BCUT2D eigenvalue weighted by Crippen LogP contribution is -2.34. The molecule has 0 saturated carbocycles. The number of unbranched alkanes of at least 4 members (excludes halogenated alkanes) is 3. The van der Waals surface area contributed by atoms with Crippen LogP contribution in [0, 0.1) is 0 Å². The number of nitrogens with zero attached hydrogens (tertiary/aromatic N) is 3. The Morgan fingerprint density at radius 3 is 2.31 bits per heavy atom. The smallest absolute Gasteiger partial charge is 0.336 e. The van der Waals surface area contributed by atoms with Crippen LogP contribution >= 0.6 is 0 Å². The van der Waals surface area contributed by atoms with Crippen LogP contribution in [0.25, 0.3) is 54.6 Å². The Bertz CT molecular complexity index is 2970. The van der Waals surface area contributed by atoms with Crippen molar-refractivity contribution in [1.29, 1.82) is 0 Å². The highest BCUT2D eigenvalue weighted by Crippen LogP contribution is 2.40. The van der Waals surface area contributed by atoms with Gasteiger partial charge in [-0.25, -0.2) is 9.78 Å². The number of carboxylic acids is 1. The normalized spacial score (nSPS) is 11.5. The number of likely N-dealkylation sites (N-methyl/N-ethyl adjacent to an activating group) is 1. The molecule has 0 saturated heterocycles. The molecule has 0 aliphatic heterocycles. The number of methoxy groups -OCH3 is 1. The minimum atomic E-state index is -1.18. The molecule has 0 atom stereocenters. The summed E-state index contributed by atoms with van der Waals surface area (Å²) in [5.74, 6) is 0.268. The Morgan fingerprint density at radius 1 is 0.726 bits per heavy atom. The van der Waals surface area contributed by atoms with Gasteiger partial charge < -0.3 is 34.5 Å². The van der Waals surface area contributed by atoms with Gasteiger partial charge in [0.25, 0.3) is 5.91 Å². The number of amides is 1. The molecule has 3 N–H and O–H groups in total. The van der Waals surface area contributed by atoms with Crippen molar-refractivity contribution in [3.63, 3.8) is 0 Å². The number of carboxylic acid groups (broad SMARTS) is 1. The van der Waals surface area contributed by atoms with E-state index < -0.39 is 5.97 Å². The largest absolute Gasteiger partial charge is 0.508 e. The van der Waals surface area contributed by atoms with E-state index in [1.54, 1.807) is 49.6 Å². The van der Waals surface area contributed by atoms with Gasteiger partial charge in [-0.15, -0.1) is 0 Å². The molecule has 2 heterocycles. The van der Waals surface area contributed by atoms with Gasteiger partial charge in [-0.05, 0) is 139 Å². The number of anilines is 1. The van der Waals surface area contributed by atoms with Gasteiger partial charge in [-0.2, -0.15) is 0 Å². The number of ether oxygens (including phenoxy) is 1. The first-order valence-corrected chi connectivity index (χ1v) is 20.8. The van der Waals surface area contributed by atoms with E-state index in [-0.39, 0.29) is 28.2 Å². The lowest BCUT2D eigenvalue weighted by molar-refractivity contribution is 0.0697. The van der Waals surface area contributed by atoms with Gasteiger partial charge in [0.15, 0.2) is 5.43 Å². The fourth-order valence-electron chi connectivity index (χ4n) is 8.08. The first-order valence-electron chi connectivity index (χ1n) is 20.8. The second-order valence-electron chi connectivity index (χ2n) is 15.7. The summed E-state index contributed by atoms with van der Waals surface area (Å²) in [6.07, 6.45) is 5.62. The summed E-state index contributed by atoms with van der Waals surface area (Å²) in [4.78, 5) is 47.3. The summed E-state index contributed by atoms with van der Waals surface area (Å²) in [7, 11) is 3.81. The van der Waals surface area contributed by atoms with Crippen LogP contribution in [0.3, 0.4) is 0 Å². The number of fused-ring (bicyclic) bond motifs is 6. The number of carbonyl (C=O) groups excluding carboxylic acids is 1. The number of pyridine rings is 1. The van der Waals surface area contributed by atoms with Crippen LogP contribution in [0.2, 0.25) is 0 Å². The van der Waals surface area contributed by atoms with Crippen LogP contribution in [-0.4, -0.2) is 72.3 Å². The quantitative estimate of drug-likeness (QED) is 0.0461. The molecule has 0 bridgehead atoms. The van der Waals surface area contributed by atoms with E-state index in [1.165, 1.54) is 17.7 Å². The number of aromatic nitrogens is 1. The van der Waals surface area contributed by atoms with Crippen LogP contribution in [0.4, 0.5) is 5.82 Å². The number of benzene rings is 6. The van der Waals surface area contributed by atoms with Gasteiger partial charge in [0, 0.05) is 59.5 Å². The number of aromatic hydroxyl groups is 1. The third-order valence-corrected chi connectivity index (χ3v) is 11.4. The van der Waals surface area contributed by atoms with Crippen molar-refractivity contribution < 1.29 is 29.0 Å². The van der Waals surface area contributed by atoms with Gasteiger partial charge in [0.1, 0.15) is 28.5 Å². The van der Waals surface area contributed by atoms with E-state index in [4.69, 9.17) is 9.15 Å². The third kappa shape index (κ3) is 9.23. The Hall–Kier alpha value is -7.24. The average Bonchev–Trinajstić information content (AvgIpc) is 3.29. The van der Waals surface area contributed by atoms with Crippen LogP contribution in [0.1, 0.15) is 52.0 Å². The molecule has 6 aromatic carbocycles. The number of carbonyl (C=O) groups is 2. The van der Waals surface area contributed by atoms with Crippen molar-refractivity contribution in [1.82, 2.24) is 15.2 Å². The van der Waals surface area contributed by atoms with Crippen molar-refractivity contribution in [2.45, 2.75) is 32.2 Å². The summed E-state index contributed by atoms with van der Waals surface area (Å²) in [6.45, 7) is 3.89. The Labute approximate surface area is 358 Å². The van der Waals surface area contributed by atoms with Crippen molar-refractivity contribution in [2.75, 3.05) is 45.2 Å². The van der Waals surface area contributed by atoms with E-state index in [2.05, 4.69) is 39.3 Å². The summed E-state index contributed by atoms with van der Waals surface area (Å²) in [5.41, 5.74) is 3.46. The summed E-state index contributed by atoms with van der Waals surface area (Å²) < 4.78 is 11.9. The topological polar surface area (TPSA) is 145 Å². The first-order chi connectivity index (χ1) is 30.1. The van der Waals surface area contributed by atoms with E-state index in [9.17, 15) is 24.6 Å². The minimum absolute atomic E-state index is 0.0110. The Balaban J connectivity index is 0.883. The average molecular weight is 829 g/mol. The molecule has 0 radical (unpaired) electrons. The third-order valence-electron chi connectivity index (χ3n) is 11.4. The maximum Gasteiger partial charge on any atom is 0.336 e. The highest BCUT2D eigenvalue weighted by Gasteiger charge is 2.20. The van der Waals surface area contributed by atoms with E-state index in [0.29, 0.717) is 39.6 Å². The SMILES string of the molecule is COc1ccc(CN(CCN(C)CCCCCCNC(=O)c2ccc(-c3cc4cc5ccc6cc(=O)ccc6c5oc4c4ccc(O)cc34)c(C(=O)O)c2)c2ccccn2)cc1. The number of hydrogen-bond acceptors (Lipinski definition) is 9. The van der Waals surface area contributed by atoms with Gasteiger partial charge in [0.05, 0.1) is 12.7 Å². The highest BCUT2D eigenvalue weighted by molar-refractivity contribution is 6.17. The number of rotatable bonds is 17. The Kier molecular flexibility index (Phi) is 12.4. The zero-order valence-corrected chi connectivity index (χ0v) is 34.8. The second kappa shape index (κ2) is 18.6. The maximum atomic E-state index is 13.3. The Morgan fingerprint density at radius 2 is 1.52 bits per heavy atom. The van der Waals surface area contributed by atoms with Gasteiger partial charge in [-0.3, -0.25) is 9.59 Å². The number of phenolic OH excluding ortho intramolecular Hbond substituents is 1. The second-order valence-corrected chi connectivity index (χ2v) is 15.7. The molecule has 0 fully saturated rings. The fraction of sp³-hybridized carbons (Fsp3) is 0.216. The van der Waals surface area contributed by atoms with E-state index >= 15 is 0 Å². The maximum absolute atomic E-state index is 13.3. The molecule has 314 valence electrons. The number of hydrogen-bond donors (Lipinski definition) is 3. The highest BCUT2D eigenvalue weighted by atomic mass is 16.5. The van der Waals surface area contributed by atoms with Crippen LogP contribution in [-0.2, 0) is 6.54 Å². The fourth-order valence-corrected chi connectivity index (χ4v) is 8.08. The summed E-state index contributed by atoms with van der Waals surface area (Å²) >= 11 is 0. The molecule has 62 heavy (non-hydrogen) atoms. The molecule has 0 aliphatic carbocycles. The molecule has 0 spiro atoms. The molecule has 8 aromatic rings. The summed E-state index contributed by atoms with van der Waals surface area (Å²) in [5, 5.41) is 28.3. The molecule has 0 unspecified atom stereocenters. The van der Waals surface area contributed by atoms with Crippen LogP contribution in [0.5, 0.6) is 11.5 Å². The van der Waals surface area contributed by atoms with Crippen molar-refractivity contribution in [2.24, 2.45) is 0 Å². The molecule has 11 nitrogen and oxygen atoms in total. The standard InChI is InChI=1S/C51H48N4O7/c1-54(25-26-55(47-9-5-7-22-52-47)32-33-10-17-40(61-2)18-11-33)24-8-4-3-6-23-53-50(58)36-14-19-42(46(29-36)51(59)60)44-30-37-27-35-13-12-34-28-38(56)15-20-41(34)48(35)62-49(37)43-21-16-39(57)31-45(43)44/h5,7,9-22,27-31,57H,3-4,6,8,23-26,32H2,1-2H3,(H,53,58)(H,59,60).